The van der Waals surface area contributed by atoms with E-state index in [2.05, 4.69) is 10.3 Å². The van der Waals surface area contributed by atoms with Crippen LogP contribution in [0.4, 0.5) is 5.69 Å². The van der Waals surface area contributed by atoms with Gasteiger partial charge in [-0.15, -0.1) is 24.0 Å². The van der Waals surface area contributed by atoms with E-state index in [1.165, 1.54) is 0 Å². The molecule has 0 bridgehead atoms. The largest absolute Gasteiger partial charge is 0.497 e. The second-order valence-corrected chi connectivity index (χ2v) is 5.97. The lowest BCUT2D eigenvalue weighted by Gasteiger charge is -2.08. The van der Waals surface area contributed by atoms with Crippen molar-refractivity contribution in [2.75, 3.05) is 12.4 Å². The van der Waals surface area contributed by atoms with Crippen molar-refractivity contribution in [3.63, 3.8) is 0 Å². The van der Waals surface area contributed by atoms with Gasteiger partial charge < -0.3 is 20.5 Å². The number of hydrogen-bond acceptors (Lipinski definition) is 3. The van der Waals surface area contributed by atoms with Gasteiger partial charge in [-0.25, -0.2) is 4.99 Å². The van der Waals surface area contributed by atoms with Gasteiger partial charge in [0, 0.05) is 5.69 Å². The van der Waals surface area contributed by atoms with E-state index < -0.39 is 0 Å². The summed E-state index contributed by atoms with van der Waals surface area (Å²) < 4.78 is 10.9. The van der Waals surface area contributed by atoms with Crippen LogP contribution in [0, 0.1) is 0 Å². The van der Waals surface area contributed by atoms with Gasteiger partial charge in [0.1, 0.15) is 18.1 Å². The highest BCUT2D eigenvalue weighted by Gasteiger charge is 1.99. The zero-order chi connectivity index (χ0) is 18.9. The van der Waals surface area contributed by atoms with Gasteiger partial charge in [0.25, 0.3) is 0 Å². The fraction of sp³-hybridized carbons (Fsp3) is 0.136. The Kier molecular flexibility index (Phi) is 8.61. The molecule has 0 atom stereocenters. The minimum absolute atomic E-state index is 0. The van der Waals surface area contributed by atoms with Crippen LogP contribution in [-0.4, -0.2) is 13.1 Å². The topological polar surface area (TPSA) is 68.9 Å². The van der Waals surface area contributed by atoms with Crippen LogP contribution in [0.1, 0.15) is 11.1 Å². The first-order valence-electron chi connectivity index (χ1n) is 8.69. The molecule has 0 amide bonds. The molecular weight excluding hydrogens is 465 g/mol. The molecule has 146 valence electrons. The molecule has 3 rings (SSSR count). The zero-order valence-corrected chi connectivity index (χ0v) is 18.0. The summed E-state index contributed by atoms with van der Waals surface area (Å²) >= 11 is 0. The van der Waals surface area contributed by atoms with Gasteiger partial charge in [-0.3, -0.25) is 0 Å². The Morgan fingerprint density at radius 3 is 2.14 bits per heavy atom. The number of anilines is 1. The van der Waals surface area contributed by atoms with Crippen molar-refractivity contribution in [2.45, 2.75) is 13.2 Å². The second-order valence-electron chi connectivity index (χ2n) is 5.97. The van der Waals surface area contributed by atoms with Gasteiger partial charge in [0.15, 0.2) is 5.96 Å². The van der Waals surface area contributed by atoms with Gasteiger partial charge in [0.2, 0.25) is 0 Å². The van der Waals surface area contributed by atoms with Crippen molar-refractivity contribution in [3.8, 4) is 11.5 Å². The average molecular weight is 489 g/mol. The van der Waals surface area contributed by atoms with Crippen LogP contribution in [0.5, 0.6) is 11.5 Å². The Bertz CT molecular complexity index is 867. The van der Waals surface area contributed by atoms with Crippen LogP contribution >= 0.6 is 24.0 Å². The van der Waals surface area contributed by atoms with Crippen molar-refractivity contribution < 1.29 is 9.47 Å². The summed E-state index contributed by atoms with van der Waals surface area (Å²) in [5, 5.41) is 3.06. The van der Waals surface area contributed by atoms with E-state index in [0.717, 1.165) is 28.3 Å². The predicted molar refractivity (Wildman–Crippen MR) is 125 cm³/mol. The summed E-state index contributed by atoms with van der Waals surface area (Å²) in [7, 11) is 1.64. The molecule has 28 heavy (non-hydrogen) atoms. The van der Waals surface area contributed by atoms with Gasteiger partial charge in [0.05, 0.1) is 13.7 Å². The van der Waals surface area contributed by atoms with Gasteiger partial charge >= 0.3 is 0 Å². The molecule has 3 aromatic rings. The number of benzene rings is 3. The number of hydrogen-bond donors (Lipinski definition) is 2. The number of nitrogens with two attached hydrogens (primary N) is 1. The quantitative estimate of drug-likeness (QED) is 0.284. The lowest BCUT2D eigenvalue weighted by atomic mass is 10.2. The Morgan fingerprint density at radius 1 is 0.857 bits per heavy atom. The maximum atomic E-state index is 5.95. The standard InChI is InChI=1S/C22H23N3O2.HI/c1-26-20-13-9-19(10-14-20)25-22(23)24-15-17-7-11-21(12-8-17)27-16-18-5-3-2-4-6-18;/h2-14H,15-16H2,1H3,(H3,23,24,25);1H. The Morgan fingerprint density at radius 2 is 1.50 bits per heavy atom. The fourth-order valence-corrected chi connectivity index (χ4v) is 2.47. The third kappa shape index (κ3) is 6.77. The highest BCUT2D eigenvalue weighted by molar-refractivity contribution is 14.0. The summed E-state index contributed by atoms with van der Waals surface area (Å²) in [6.07, 6.45) is 0. The number of nitrogens with zero attached hydrogens (tertiary/aromatic N) is 1. The summed E-state index contributed by atoms with van der Waals surface area (Å²) in [5.74, 6) is 1.99. The molecule has 0 unspecified atom stereocenters. The maximum absolute atomic E-state index is 5.95. The van der Waals surface area contributed by atoms with E-state index in [-0.39, 0.29) is 24.0 Å². The maximum Gasteiger partial charge on any atom is 0.193 e. The first-order chi connectivity index (χ1) is 13.2. The van der Waals surface area contributed by atoms with Crippen molar-refractivity contribution in [3.05, 3.63) is 90.0 Å². The smallest absolute Gasteiger partial charge is 0.193 e. The predicted octanol–water partition coefficient (Wildman–Crippen LogP) is 4.82. The normalized spacial score (nSPS) is 10.7. The number of rotatable bonds is 7. The number of ether oxygens (including phenoxy) is 2. The molecule has 0 fully saturated rings. The van der Waals surface area contributed by atoms with Crippen LogP contribution in [0.3, 0.4) is 0 Å². The Labute approximate surface area is 182 Å². The molecule has 0 spiro atoms. The lowest BCUT2D eigenvalue weighted by molar-refractivity contribution is 0.306. The third-order valence-corrected chi connectivity index (χ3v) is 3.97. The summed E-state index contributed by atoms with van der Waals surface area (Å²) in [6.45, 7) is 1.05. The molecule has 3 N–H and O–H groups in total. The zero-order valence-electron chi connectivity index (χ0n) is 15.7. The molecular formula is C22H24IN3O2. The van der Waals surface area contributed by atoms with Crippen LogP contribution in [0.15, 0.2) is 83.9 Å². The van der Waals surface area contributed by atoms with Crippen molar-refractivity contribution in [1.29, 1.82) is 0 Å². The molecule has 0 aliphatic heterocycles. The number of guanidine groups is 1. The highest BCUT2D eigenvalue weighted by Crippen LogP contribution is 2.16. The Balaban J connectivity index is 0.00000280. The van der Waals surface area contributed by atoms with Crippen LogP contribution in [0.25, 0.3) is 0 Å². The number of aliphatic imine (C=N–C) groups is 1. The molecule has 0 aliphatic carbocycles. The van der Waals surface area contributed by atoms with Crippen LogP contribution < -0.4 is 20.5 Å². The van der Waals surface area contributed by atoms with E-state index in [9.17, 15) is 0 Å². The first-order valence-corrected chi connectivity index (χ1v) is 8.69. The van der Waals surface area contributed by atoms with E-state index >= 15 is 0 Å². The molecule has 0 aromatic heterocycles. The summed E-state index contributed by atoms with van der Waals surface area (Å²) in [4.78, 5) is 4.37. The number of halogens is 1. The minimum atomic E-state index is 0. The van der Waals surface area contributed by atoms with Crippen LogP contribution in [-0.2, 0) is 13.2 Å². The summed E-state index contributed by atoms with van der Waals surface area (Å²) in [5.41, 5.74) is 9.01. The second kappa shape index (κ2) is 11.2. The summed E-state index contributed by atoms with van der Waals surface area (Å²) in [6, 6.07) is 25.5. The van der Waals surface area contributed by atoms with Gasteiger partial charge in [-0.2, -0.15) is 0 Å². The molecule has 3 aromatic carbocycles. The molecule has 0 saturated heterocycles. The number of nitrogens with one attached hydrogen (secondary N) is 1. The molecule has 6 heteroatoms. The molecule has 5 nitrogen and oxygen atoms in total. The molecule has 0 radical (unpaired) electrons. The fourth-order valence-electron chi connectivity index (χ4n) is 2.47. The van der Waals surface area contributed by atoms with Crippen LogP contribution in [0.2, 0.25) is 0 Å². The van der Waals surface area contributed by atoms with E-state index in [4.69, 9.17) is 15.2 Å². The monoisotopic (exact) mass is 489 g/mol. The van der Waals surface area contributed by atoms with E-state index in [0.29, 0.717) is 19.1 Å². The lowest BCUT2D eigenvalue weighted by Crippen LogP contribution is -2.22. The van der Waals surface area contributed by atoms with Gasteiger partial charge in [-0.1, -0.05) is 42.5 Å². The third-order valence-electron chi connectivity index (χ3n) is 3.97. The highest BCUT2D eigenvalue weighted by atomic mass is 127. The molecule has 0 heterocycles. The SMILES string of the molecule is COc1ccc(NC(N)=NCc2ccc(OCc3ccccc3)cc2)cc1.I. The van der Waals surface area contributed by atoms with E-state index in [1.807, 2.05) is 78.9 Å². The minimum Gasteiger partial charge on any atom is -0.497 e. The molecule has 0 aliphatic rings. The van der Waals surface area contributed by atoms with E-state index in [1.54, 1.807) is 7.11 Å². The van der Waals surface area contributed by atoms with Crippen molar-refractivity contribution in [1.82, 2.24) is 0 Å². The Hall–Kier alpha value is -2.74. The molecule has 0 saturated carbocycles. The first kappa shape index (κ1) is 21.6. The number of methoxy groups -OCH3 is 1. The van der Waals surface area contributed by atoms with Crippen molar-refractivity contribution >= 4 is 35.6 Å². The van der Waals surface area contributed by atoms with Crippen molar-refractivity contribution in [2.24, 2.45) is 10.7 Å². The van der Waals surface area contributed by atoms with Gasteiger partial charge in [-0.05, 0) is 47.5 Å². The average Bonchev–Trinajstić information content (AvgIpc) is 2.73.